The van der Waals surface area contributed by atoms with Crippen molar-refractivity contribution in [2.75, 3.05) is 37.7 Å². The number of nitrogens with two attached hydrogens (primary N) is 1. The minimum Gasteiger partial charge on any atom is -0.373 e. The van der Waals surface area contributed by atoms with Crippen LogP contribution in [0.3, 0.4) is 0 Å². The van der Waals surface area contributed by atoms with Crippen LogP contribution in [0.5, 0.6) is 0 Å². The first-order valence-electron chi connectivity index (χ1n) is 9.29. The molecule has 2 aromatic rings. The number of fused-ring (bicyclic) bond motifs is 1. The van der Waals surface area contributed by atoms with Gasteiger partial charge in [0.1, 0.15) is 11.5 Å². The van der Waals surface area contributed by atoms with E-state index in [9.17, 15) is 4.79 Å². The molecule has 8 heteroatoms. The van der Waals surface area contributed by atoms with Crippen LogP contribution >= 0.6 is 0 Å². The van der Waals surface area contributed by atoms with E-state index in [0.29, 0.717) is 38.6 Å². The van der Waals surface area contributed by atoms with Crippen LogP contribution in [0.15, 0.2) is 24.4 Å². The van der Waals surface area contributed by atoms with Crippen molar-refractivity contribution < 1.29 is 9.53 Å². The Bertz CT molecular complexity index is 828. The maximum atomic E-state index is 11.9. The van der Waals surface area contributed by atoms with Gasteiger partial charge in [-0.3, -0.25) is 9.78 Å². The van der Waals surface area contributed by atoms with Crippen molar-refractivity contribution in [3.05, 3.63) is 35.7 Å². The lowest BCUT2D eigenvalue weighted by molar-refractivity contribution is -0.129. The maximum Gasteiger partial charge on any atom is 0.219 e. The normalized spacial score (nSPS) is 19.7. The third-order valence-corrected chi connectivity index (χ3v) is 5.08. The number of nitrogens with zero attached hydrogens (tertiary/aromatic N) is 5. The van der Waals surface area contributed by atoms with Crippen molar-refractivity contribution >= 4 is 11.7 Å². The Kier molecular flexibility index (Phi) is 5.00. The number of carbonyl (C=O) groups is 1. The summed E-state index contributed by atoms with van der Waals surface area (Å²) in [5, 5.41) is 0. The molecule has 0 spiro atoms. The number of hydrogen-bond acceptors (Lipinski definition) is 7. The first-order valence-corrected chi connectivity index (χ1v) is 9.29. The third kappa shape index (κ3) is 3.63. The molecular weight excluding hydrogens is 344 g/mol. The predicted octanol–water partition coefficient (Wildman–Crippen LogP) is 0.607. The number of morpholine rings is 1. The van der Waals surface area contributed by atoms with E-state index in [1.807, 2.05) is 23.1 Å². The molecule has 1 fully saturated rings. The van der Waals surface area contributed by atoms with Crippen LogP contribution in [0.2, 0.25) is 0 Å². The Balaban J connectivity index is 1.77. The average molecular weight is 368 g/mol. The van der Waals surface area contributed by atoms with Crippen LogP contribution in [0.1, 0.15) is 18.2 Å². The average Bonchev–Trinajstić information content (AvgIpc) is 2.73. The molecule has 0 aromatic carbocycles. The molecule has 4 heterocycles. The Morgan fingerprint density at radius 2 is 2.22 bits per heavy atom. The van der Waals surface area contributed by atoms with Gasteiger partial charge in [0, 0.05) is 44.9 Å². The molecular formula is C19H24N6O2. The first kappa shape index (κ1) is 17.8. The van der Waals surface area contributed by atoms with E-state index in [2.05, 4.69) is 9.88 Å². The number of ether oxygens (including phenoxy) is 1. The second-order valence-electron chi connectivity index (χ2n) is 6.88. The van der Waals surface area contributed by atoms with Crippen molar-refractivity contribution in [3.8, 4) is 11.5 Å². The second-order valence-corrected chi connectivity index (χ2v) is 6.88. The summed E-state index contributed by atoms with van der Waals surface area (Å²) in [4.78, 5) is 30.0. The molecule has 2 aromatic heterocycles. The highest BCUT2D eigenvalue weighted by atomic mass is 16.5. The quantitative estimate of drug-likeness (QED) is 0.847. The van der Waals surface area contributed by atoms with Crippen molar-refractivity contribution in [1.29, 1.82) is 0 Å². The van der Waals surface area contributed by atoms with E-state index in [4.69, 9.17) is 20.4 Å². The van der Waals surface area contributed by atoms with E-state index in [1.54, 1.807) is 13.1 Å². The van der Waals surface area contributed by atoms with Gasteiger partial charge in [0.15, 0.2) is 5.82 Å². The molecule has 0 radical (unpaired) electrons. The molecule has 142 valence electrons. The van der Waals surface area contributed by atoms with Gasteiger partial charge >= 0.3 is 0 Å². The fourth-order valence-electron chi connectivity index (χ4n) is 3.60. The van der Waals surface area contributed by atoms with Crippen LogP contribution < -0.4 is 10.6 Å². The molecule has 1 saturated heterocycles. The zero-order valence-electron chi connectivity index (χ0n) is 15.5. The highest BCUT2D eigenvalue weighted by molar-refractivity contribution is 5.74. The second kappa shape index (κ2) is 7.58. The van der Waals surface area contributed by atoms with Crippen LogP contribution in [-0.2, 0) is 22.5 Å². The highest BCUT2D eigenvalue weighted by Crippen LogP contribution is 2.30. The molecule has 1 unspecified atom stereocenters. The monoisotopic (exact) mass is 368 g/mol. The minimum absolute atomic E-state index is 0.0000239. The fourth-order valence-corrected chi connectivity index (χ4v) is 3.60. The Labute approximate surface area is 158 Å². The van der Waals surface area contributed by atoms with Gasteiger partial charge < -0.3 is 20.3 Å². The summed E-state index contributed by atoms with van der Waals surface area (Å²) in [6, 6.07) is 5.69. The van der Waals surface area contributed by atoms with Gasteiger partial charge in [-0.2, -0.15) is 0 Å². The number of rotatable bonds is 3. The Morgan fingerprint density at radius 1 is 1.33 bits per heavy atom. The Hall–Kier alpha value is -2.58. The molecule has 0 aliphatic carbocycles. The molecule has 0 bridgehead atoms. The number of anilines is 1. The van der Waals surface area contributed by atoms with Gasteiger partial charge in [0.25, 0.3) is 0 Å². The first-order chi connectivity index (χ1) is 13.2. The molecule has 2 aliphatic heterocycles. The van der Waals surface area contributed by atoms with Gasteiger partial charge in [0.2, 0.25) is 5.91 Å². The number of pyridine rings is 1. The van der Waals surface area contributed by atoms with Crippen molar-refractivity contribution in [2.45, 2.75) is 26.0 Å². The standard InChI is InChI=1S/C19H24N6O2/c1-13(26)24-7-5-15-17(12-24)22-18(16-4-2-3-6-21-16)23-19(15)25-8-9-27-14(10-20)11-25/h2-4,6,14H,5,7-12,20H2,1H3. The van der Waals surface area contributed by atoms with E-state index in [0.717, 1.165) is 35.7 Å². The van der Waals surface area contributed by atoms with Gasteiger partial charge in [-0.25, -0.2) is 9.97 Å². The Morgan fingerprint density at radius 3 is 2.96 bits per heavy atom. The third-order valence-electron chi connectivity index (χ3n) is 5.08. The van der Waals surface area contributed by atoms with Crippen molar-refractivity contribution in [1.82, 2.24) is 19.9 Å². The number of carbonyl (C=O) groups excluding carboxylic acids is 1. The summed E-state index contributed by atoms with van der Waals surface area (Å²) in [6.45, 7) is 5.36. The largest absolute Gasteiger partial charge is 0.373 e. The maximum absolute atomic E-state index is 11.9. The lowest BCUT2D eigenvalue weighted by Crippen LogP contribution is -2.47. The van der Waals surface area contributed by atoms with E-state index in [-0.39, 0.29) is 12.0 Å². The van der Waals surface area contributed by atoms with Gasteiger partial charge in [-0.15, -0.1) is 0 Å². The zero-order valence-corrected chi connectivity index (χ0v) is 15.5. The van der Waals surface area contributed by atoms with E-state index >= 15 is 0 Å². The van der Waals surface area contributed by atoms with E-state index in [1.165, 1.54) is 0 Å². The smallest absolute Gasteiger partial charge is 0.219 e. The molecule has 1 atom stereocenters. The molecule has 8 nitrogen and oxygen atoms in total. The molecule has 2 aliphatic rings. The fraction of sp³-hybridized carbons (Fsp3) is 0.474. The van der Waals surface area contributed by atoms with Gasteiger partial charge in [-0.05, 0) is 18.6 Å². The van der Waals surface area contributed by atoms with Crippen molar-refractivity contribution in [3.63, 3.8) is 0 Å². The van der Waals surface area contributed by atoms with Crippen LogP contribution in [0.25, 0.3) is 11.5 Å². The van der Waals surface area contributed by atoms with Crippen LogP contribution in [0.4, 0.5) is 5.82 Å². The molecule has 2 N–H and O–H groups in total. The zero-order chi connectivity index (χ0) is 18.8. The lowest BCUT2D eigenvalue weighted by Gasteiger charge is -2.36. The highest BCUT2D eigenvalue weighted by Gasteiger charge is 2.29. The summed E-state index contributed by atoms with van der Waals surface area (Å²) >= 11 is 0. The molecule has 1 amide bonds. The summed E-state index contributed by atoms with van der Waals surface area (Å²) in [5.41, 5.74) is 8.56. The molecule has 27 heavy (non-hydrogen) atoms. The summed E-state index contributed by atoms with van der Waals surface area (Å²) in [7, 11) is 0. The number of hydrogen-bond donors (Lipinski definition) is 1. The summed E-state index contributed by atoms with van der Waals surface area (Å²) in [5.74, 6) is 1.57. The van der Waals surface area contributed by atoms with Crippen LogP contribution in [0, 0.1) is 0 Å². The van der Waals surface area contributed by atoms with Gasteiger partial charge in [-0.1, -0.05) is 6.07 Å². The minimum atomic E-state index is -0.0000239. The molecule has 0 saturated carbocycles. The molecule has 4 rings (SSSR count). The summed E-state index contributed by atoms with van der Waals surface area (Å²) in [6.07, 6.45) is 2.48. The topological polar surface area (TPSA) is 97.5 Å². The predicted molar refractivity (Wildman–Crippen MR) is 101 cm³/mol. The number of aromatic nitrogens is 3. The van der Waals surface area contributed by atoms with Crippen molar-refractivity contribution in [2.24, 2.45) is 5.73 Å². The number of amides is 1. The lowest BCUT2D eigenvalue weighted by atomic mass is 10.0. The SMILES string of the molecule is CC(=O)N1CCc2c(nc(-c3ccccn3)nc2N2CCOC(CN)C2)C1. The van der Waals surface area contributed by atoms with Crippen LogP contribution in [-0.4, -0.2) is 64.6 Å². The van der Waals surface area contributed by atoms with E-state index < -0.39 is 0 Å². The summed E-state index contributed by atoms with van der Waals surface area (Å²) < 4.78 is 5.71. The van der Waals surface area contributed by atoms with Gasteiger partial charge in [0.05, 0.1) is 24.9 Å².